The van der Waals surface area contributed by atoms with Crippen molar-refractivity contribution in [2.45, 2.75) is 25.1 Å². The van der Waals surface area contributed by atoms with Crippen LogP contribution in [0.25, 0.3) is 0 Å². The molecule has 1 unspecified atom stereocenters. The van der Waals surface area contributed by atoms with Crippen LogP contribution in [0, 0.1) is 5.82 Å². The molecule has 3 nitrogen and oxygen atoms in total. The van der Waals surface area contributed by atoms with Crippen LogP contribution in [0.1, 0.15) is 28.8 Å². The van der Waals surface area contributed by atoms with E-state index in [-0.39, 0.29) is 6.04 Å². The van der Waals surface area contributed by atoms with Gasteiger partial charge >= 0.3 is 6.18 Å². The van der Waals surface area contributed by atoms with E-state index >= 15 is 0 Å². The zero-order valence-electron chi connectivity index (χ0n) is 10.6. The fourth-order valence-corrected chi connectivity index (χ4v) is 2.16. The number of carbonyl (C=O) groups excluding carboxylic acids is 1. The van der Waals surface area contributed by atoms with Crippen LogP contribution in [-0.2, 0) is 6.18 Å². The number of halogens is 4. The summed E-state index contributed by atoms with van der Waals surface area (Å²) in [5.74, 6) is -2.34. The summed E-state index contributed by atoms with van der Waals surface area (Å²) in [6.07, 6.45) is -3.23. The number of amides is 1. The Hall–Kier alpha value is -1.63. The second kappa shape index (κ2) is 5.78. The first-order valence-corrected chi connectivity index (χ1v) is 6.27. The van der Waals surface area contributed by atoms with Crippen LogP contribution < -0.4 is 10.6 Å². The van der Waals surface area contributed by atoms with Crippen molar-refractivity contribution in [2.75, 3.05) is 13.1 Å². The highest BCUT2D eigenvalue weighted by Gasteiger charge is 2.35. The molecule has 0 aliphatic carbocycles. The Morgan fingerprint density at radius 1 is 1.35 bits per heavy atom. The molecule has 1 heterocycles. The molecule has 0 aromatic heterocycles. The number of hydrogen-bond acceptors (Lipinski definition) is 2. The summed E-state index contributed by atoms with van der Waals surface area (Å²) in [4.78, 5) is 11.9. The molecule has 1 aromatic carbocycles. The number of rotatable bonds is 2. The molecule has 0 bridgehead atoms. The highest BCUT2D eigenvalue weighted by atomic mass is 19.4. The smallest absolute Gasteiger partial charge is 0.348 e. The molecule has 2 rings (SSSR count). The van der Waals surface area contributed by atoms with Gasteiger partial charge in [-0.05, 0) is 31.5 Å². The maximum absolute atomic E-state index is 13.8. The summed E-state index contributed by atoms with van der Waals surface area (Å²) in [5, 5.41) is 5.60. The minimum Gasteiger partial charge on any atom is -0.348 e. The molecule has 1 atom stereocenters. The van der Waals surface area contributed by atoms with E-state index in [1.165, 1.54) is 0 Å². The van der Waals surface area contributed by atoms with Gasteiger partial charge < -0.3 is 10.6 Å². The number of hydrogen-bond donors (Lipinski definition) is 2. The van der Waals surface area contributed by atoms with Crippen molar-refractivity contribution in [3.05, 3.63) is 35.1 Å². The molecular weight excluding hydrogens is 276 g/mol. The number of alkyl halides is 3. The first-order chi connectivity index (χ1) is 9.39. The summed E-state index contributed by atoms with van der Waals surface area (Å²) in [5.41, 5.74) is -2.00. The van der Waals surface area contributed by atoms with Gasteiger partial charge in [-0.2, -0.15) is 13.2 Å². The van der Waals surface area contributed by atoms with E-state index < -0.39 is 29.0 Å². The van der Waals surface area contributed by atoms with Crippen LogP contribution >= 0.6 is 0 Å². The molecule has 2 N–H and O–H groups in total. The first kappa shape index (κ1) is 14.8. The van der Waals surface area contributed by atoms with Gasteiger partial charge in [0, 0.05) is 12.6 Å². The van der Waals surface area contributed by atoms with Crippen LogP contribution in [0.15, 0.2) is 18.2 Å². The van der Waals surface area contributed by atoms with E-state index in [9.17, 15) is 22.4 Å². The Morgan fingerprint density at radius 2 is 2.10 bits per heavy atom. The van der Waals surface area contributed by atoms with Gasteiger partial charge in [-0.3, -0.25) is 4.79 Å². The molecule has 20 heavy (non-hydrogen) atoms. The van der Waals surface area contributed by atoms with Crippen LogP contribution in [-0.4, -0.2) is 25.0 Å². The topological polar surface area (TPSA) is 41.1 Å². The van der Waals surface area contributed by atoms with E-state index in [1.54, 1.807) is 0 Å². The summed E-state index contributed by atoms with van der Waals surface area (Å²) in [7, 11) is 0. The molecule has 1 aliphatic rings. The third kappa shape index (κ3) is 3.27. The van der Waals surface area contributed by atoms with Crippen LogP contribution in [0.4, 0.5) is 17.6 Å². The quantitative estimate of drug-likeness (QED) is 0.821. The van der Waals surface area contributed by atoms with E-state index in [0.29, 0.717) is 12.6 Å². The largest absolute Gasteiger partial charge is 0.419 e. The first-order valence-electron chi connectivity index (χ1n) is 6.27. The molecule has 1 aromatic rings. The van der Waals surface area contributed by atoms with Crippen LogP contribution in [0.5, 0.6) is 0 Å². The Balaban J connectivity index is 2.17. The summed E-state index contributed by atoms with van der Waals surface area (Å²) in [6, 6.07) is 2.51. The molecule has 1 saturated heterocycles. The standard InChI is InChI=1S/C13H14F4N2O/c14-11-9(4-1-5-10(11)13(15,16)17)12(20)19-8-3-2-6-18-7-8/h1,4-5,8,18H,2-3,6-7H2,(H,19,20). The summed E-state index contributed by atoms with van der Waals surface area (Å²) in [6.45, 7) is 1.37. The van der Waals surface area contributed by atoms with Gasteiger partial charge in [-0.25, -0.2) is 4.39 Å². The lowest BCUT2D eigenvalue weighted by molar-refractivity contribution is -0.140. The SMILES string of the molecule is O=C(NC1CCCNC1)c1cccc(C(F)(F)F)c1F. The number of piperidine rings is 1. The second-order valence-corrected chi connectivity index (χ2v) is 4.68. The average molecular weight is 290 g/mol. The average Bonchev–Trinajstić information content (AvgIpc) is 2.38. The van der Waals surface area contributed by atoms with E-state index in [4.69, 9.17) is 0 Å². The van der Waals surface area contributed by atoms with Crippen LogP contribution in [0.2, 0.25) is 0 Å². The molecule has 0 radical (unpaired) electrons. The predicted octanol–water partition coefficient (Wildman–Crippen LogP) is 2.33. The van der Waals surface area contributed by atoms with Crippen molar-refractivity contribution < 1.29 is 22.4 Å². The zero-order chi connectivity index (χ0) is 14.8. The van der Waals surface area contributed by atoms with Crippen molar-refractivity contribution >= 4 is 5.91 Å². The Bertz CT molecular complexity index is 496. The van der Waals surface area contributed by atoms with Crippen molar-refractivity contribution in [3.63, 3.8) is 0 Å². The Labute approximate surface area is 113 Å². The van der Waals surface area contributed by atoms with E-state index in [1.807, 2.05) is 0 Å². The maximum atomic E-state index is 13.8. The molecule has 1 aliphatic heterocycles. The Morgan fingerprint density at radius 3 is 2.70 bits per heavy atom. The molecule has 1 amide bonds. The molecule has 1 fully saturated rings. The van der Waals surface area contributed by atoms with Gasteiger partial charge in [-0.1, -0.05) is 6.07 Å². The number of nitrogens with one attached hydrogen (secondary N) is 2. The predicted molar refractivity (Wildman–Crippen MR) is 64.8 cm³/mol. The minimum absolute atomic E-state index is 0.190. The fourth-order valence-electron chi connectivity index (χ4n) is 2.16. The maximum Gasteiger partial charge on any atom is 0.419 e. The number of carbonyl (C=O) groups is 1. The van der Waals surface area contributed by atoms with Crippen molar-refractivity contribution in [2.24, 2.45) is 0 Å². The van der Waals surface area contributed by atoms with E-state index in [2.05, 4.69) is 10.6 Å². The van der Waals surface area contributed by atoms with Gasteiger partial charge in [0.1, 0.15) is 5.82 Å². The van der Waals surface area contributed by atoms with Gasteiger partial charge in [-0.15, -0.1) is 0 Å². The molecular formula is C13H14F4N2O. The van der Waals surface area contributed by atoms with Crippen molar-refractivity contribution in [1.82, 2.24) is 10.6 Å². The van der Waals surface area contributed by atoms with E-state index in [0.717, 1.165) is 31.5 Å². The van der Waals surface area contributed by atoms with Gasteiger partial charge in [0.15, 0.2) is 0 Å². The third-order valence-electron chi connectivity index (χ3n) is 3.18. The normalized spacial score (nSPS) is 19.7. The molecule has 7 heteroatoms. The highest BCUT2D eigenvalue weighted by molar-refractivity contribution is 5.94. The Kier molecular flexibility index (Phi) is 4.27. The lowest BCUT2D eigenvalue weighted by Gasteiger charge is -2.24. The highest BCUT2D eigenvalue weighted by Crippen LogP contribution is 2.32. The van der Waals surface area contributed by atoms with Crippen LogP contribution in [0.3, 0.4) is 0 Å². The minimum atomic E-state index is -4.81. The van der Waals surface area contributed by atoms with Gasteiger partial charge in [0.05, 0.1) is 11.1 Å². The lowest BCUT2D eigenvalue weighted by atomic mass is 10.1. The van der Waals surface area contributed by atoms with Crippen molar-refractivity contribution in [3.8, 4) is 0 Å². The molecule has 0 spiro atoms. The summed E-state index contributed by atoms with van der Waals surface area (Å²) >= 11 is 0. The molecule has 0 saturated carbocycles. The monoisotopic (exact) mass is 290 g/mol. The van der Waals surface area contributed by atoms with Gasteiger partial charge in [0.2, 0.25) is 0 Å². The fraction of sp³-hybridized carbons (Fsp3) is 0.462. The van der Waals surface area contributed by atoms with Crippen molar-refractivity contribution in [1.29, 1.82) is 0 Å². The lowest BCUT2D eigenvalue weighted by Crippen LogP contribution is -2.45. The third-order valence-corrected chi connectivity index (χ3v) is 3.18. The number of benzene rings is 1. The zero-order valence-corrected chi connectivity index (χ0v) is 10.6. The summed E-state index contributed by atoms with van der Waals surface area (Å²) < 4.78 is 51.5. The molecule has 110 valence electrons. The second-order valence-electron chi connectivity index (χ2n) is 4.68. The van der Waals surface area contributed by atoms with Gasteiger partial charge in [0.25, 0.3) is 5.91 Å².